The van der Waals surface area contributed by atoms with Crippen LogP contribution in [0.3, 0.4) is 0 Å². The number of nitrogens with zero attached hydrogens (tertiary/aromatic N) is 3. The van der Waals surface area contributed by atoms with Crippen molar-refractivity contribution in [2.45, 2.75) is 12.8 Å². The smallest absolute Gasteiger partial charge is 0.202 e. The standard InChI is InChI=1S/C21H23F2N7OS/c1-25-8-2-3-9-31-16-7-6-15(18(22)19(16)23)30-21(27-28-29-30)14-11-13(12-26-20(14)24)17-5-4-10-32-17/h4-7,10-12,25,28-29H,2-3,8-9H2,1H3,(H2,24,26). The first-order valence-corrected chi connectivity index (χ1v) is 10.9. The van der Waals surface area contributed by atoms with Crippen molar-refractivity contribution in [3.63, 3.8) is 0 Å². The fraction of sp³-hybridized carbons (Fsp3) is 0.238. The summed E-state index contributed by atoms with van der Waals surface area (Å²) in [5.74, 6) is -1.80. The number of amidine groups is 1. The molecule has 11 heteroatoms. The minimum atomic E-state index is -1.07. The van der Waals surface area contributed by atoms with Gasteiger partial charge in [0.1, 0.15) is 11.5 Å². The molecular weight excluding hydrogens is 436 g/mol. The average molecular weight is 460 g/mol. The molecule has 0 atom stereocenters. The molecule has 1 aliphatic heterocycles. The number of hydrazine groups is 2. The molecule has 4 rings (SSSR count). The van der Waals surface area contributed by atoms with Gasteiger partial charge in [0.15, 0.2) is 17.4 Å². The molecule has 0 saturated carbocycles. The SMILES string of the molecule is CNCCCCOc1ccc(N2NNN=C2c2cc(-c3cccs3)cnc2N)c(F)c1F. The van der Waals surface area contributed by atoms with Crippen LogP contribution in [0.2, 0.25) is 0 Å². The lowest BCUT2D eigenvalue weighted by Gasteiger charge is -2.21. The predicted octanol–water partition coefficient (Wildman–Crippen LogP) is 3.24. The van der Waals surface area contributed by atoms with Gasteiger partial charge in [-0.3, -0.25) is 0 Å². The van der Waals surface area contributed by atoms with E-state index < -0.39 is 11.6 Å². The molecule has 32 heavy (non-hydrogen) atoms. The van der Waals surface area contributed by atoms with Gasteiger partial charge in [-0.1, -0.05) is 6.07 Å². The highest BCUT2D eigenvalue weighted by atomic mass is 32.1. The molecule has 3 heterocycles. The van der Waals surface area contributed by atoms with Crippen molar-refractivity contribution in [2.75, 3.05) is 30.9 Å². The van der Waals surface area contributed by atoms with E-state index in [1.165, 1.54) is 17.1 Å². The summed E-state index contributed by atoms with van der Waals surface area (Å²) in [5, 5.41) is 10.4. The molecule has 2 aromatic heterocycles. The Labute approximate surface area is 188 Å². The molecule has 0 spiro atoms. The molecular formula is C21H23F2N7OS. The molecule has 0 radical (unpaired) electrons. The highest BCUT2D eigenvalue weighted by molar-refractivity contribution is 7.13. The fourth-order valence-electron chi connectivity index (χ4n) is 3.21. The number of ether oxygens (including phenoxy) is 1. The van der Waals surface area contributed by atoms with E-state index in [2.05, 4.69) is 26.5 Å². The van der Waals surface area contributed by atoms with E-state index in [1.54, 1.807) is 17.5 Å². The minimum absolute atomic E-state index is 0.0743. The van der Waals surface area contributed by atoms with Gasteiger partial charge in [0.25, 0.3) is 0 Å². The number of unbranched alkanes of at least 4 members (excludes halogenated alkanes) is 1. The third kappa shape index (κ3) is 4.49. The van der Waals surface area contributed by atoms with Crippen LogP contribution in [0.25, 0.3) is 10.4 Å². The zero-order chi connectivity index (χ0) is 22.5. The van der Waals surface area contributed by atoms with Crippen molar-refractivity contribution in [2.24, 2.45) is 5.10 Å². The van der Waals surface area contributed by atoms with Gasteiger partial charge < -0.3 is 15.8 Å². The summed E-state index contributed by atoms with van der Waals surface area (Å²) < 4.78 is 35.1. The van der Waals surface area contributed by atoms with Crippen LogP contribution >= 0.6 is 11.3 Å². The topological polar surface area (TPSA) is 99.8 Å². The lowest BCUT2D eigenvalue weighted by Crippen LogP contribution is -2.42. The van der Waals surface area contributed by atoms with E-state index in [0.29, 0.717) is 12.2 Å². The Balaban J connectivity index is 1.58. The largest absolute Gasteiger partial charge is 0.490 e. The first kappa shape index (κ1) is 21.9. The third-order valence-corrected chi connectivity index (χ3v) is 5.77. The predicted molar refractivity (Wildman–Crippen MR) is 122 cm³/mol. The average Bonchev–Trinajstić information content (AvgIpc) is 3.49. The van der Waals surface area contributed by atoms with E-state index in [0.717, 1.165) is 29.8 Å². The van der Waals surface area contributed by atoms with Crippen molar-refractivity contribution in [1.82, 2.24) is 21.4 Å². The number of anilines is 2. The summed E-state index contributed by atoms with van der Waals surface area (Å²) in [6.07, 6.45) is 3.26. The van der Waals surface area contributed by atoms with Crippen molar-refractivity contribution in [3.05, 3.63) is 59.1 Å². The molecule has 5 N–H and O–H groups in total. The van der Waals surface area contributed by atoms with Gasteiger partial charge >= 0.3 is 0 Å². The van der Waals surface area contributed by atoms with Crippen LogP contribution in [0.5, 0.6) is 5.75 Å². The Hall–Kier alpha value is -3.28. The van der Waals surface area contributed by atoms with Crippen LogP contribution < -0.4 is 31.9 Å². The number of rotatable bonds is 9. The monoisotopic (exact) mass is 459 g/mol. The van der Waals surface area contributed by atoms with E-state index >= 15 is 0 Å². The van der Waals surface area contributed by atoms with Gasteiger partial charge in [-0.25, -0.2) is 19.9 Å². The number of hydrogen-bond acceptors (Lipinski definition) is 9. The molecule has 1 aromatic carbocycles. The fourth-order valence-corrected chi connectivity index (χ4v) is 3.92. The van der Waals surface area contributed by atoms with Crippen molar-refractivity contribution in [1.29, 1.82) is 0 Å². The summed E-state index contributed by atoms with van der Waals surface area (Å²) in [6, 6.07) is 8.52. The second-order valence-corrected chi connectivity index (χ2v) is 7.95. The zero-order valence-corrected chi connectivity index (χ0v) is 18.2. The van der Waals surface area contributed by atoms with Crippen LogP contribution in [-0.4, -0.2) is 31.0 Å². The van der Waals surface area contributed by atoms with E-state index in [-0.39, 0.29) is 23.1 Å². The summed E-state index contributed by atoms with van der Waals surface area (Å²) in [7, 11) is 1.86. The molecule has 0 amide bonds. The molecule has 1 aliphatic rings. The van der Waals surface area contributed by atoms with Gasteiger partial charge in [-0.2, -0.15) is 4.39 Å². The van der Waals surface area contributed by atoms with Crippen LogP contribution in [0.1, 0.15) is 18.4 Å². The lowest BCUT2D eigenvalue weighted by atomic mass is 10.1. The maximum absolute atomic E-state index is 15.0. The Morgan fingerprint density at radius 3 is 2.88 bits per heavy atom. The van der Waals surface area contributed by atoms with Crippen LogP contribution in [0, 0.1) is 11.6 Å². The van der Waals surface area contributed by atoms with Crippen LogP contribution in [0.15, 0.2) is 47.0 Å². The molecule has 0 fully saturated rings. The molecule has 8 nitrogen and oxygen atoms in total. The van der Waals surface area contributed by atoms with E-state index in [4.69, 9.17) is 10.5 Å². The second kappa shape index (κ2) is 9.90. The summed E-state index contributed by atoms with van der Waals surface area (Å²) in [5.41, 5.74) is 12.6. The van der Waals surface area contributed by atoms with Crippen molar-refractivity contribution < 1.29 is 13.5 Å². The number of nitrogens with two attached hydrogens (primary N) is 1. The van der Waals surface area contributed by atoms with Crippen LogP contribution in [-0.2, 0) is 0 Å². The quantitative estimate of drug-likeness (QED) is 0.365. The molecule has 0 aliphatic carbocycles. The highest BCUT2D eigenvalue weighted by Crippen LogP contribution is 2.32. The second-order valence-electron chi connectivity index (χ2n) is 7.00. The summed E-state index contributed by atoms with van der Waals surface area (Å²) in [4.78, 5) is 5.24. The number of halogens is 2. The Morgan fingerprint density at radius 2 is 2.09 bits per heavy atom. The van der Waals surface area contributed by atoms with Gasteiger partial charge in [-0.05, 0) is 56.1 Å². The van der Waals surface area contributed by atoms with E-state index in [9.17, 15) is 8.78 Å². The van der Waals surface area contributed by atoms with Gasteiger partial charge in [0, 0.05) is 16.6 Å². The Kier molecular flexibility index (Phi) is 6.78. The molecule has 168 valence electrons. The number of aromatic nitrogens is 1. The number of nitrogens with one attached hydrogen (secondary N) is 3. The Bertz CT molecular complexity index is 1110. The molecule has 0 bridgehead atoms. The van der Waals surface area contributed by atoms with Gasteiger partial charge in [-0.15, -0.1) is 22.0 Å². The maximum atomic E-state index is 15.0. The molecule has 0 unspecified atom stereocenters. The zero-order valence-electron chi connectivity index (χ0n) is 17.4. The van der Waals surface area contributed by atoms with Crippen LogP contribution in [0.4, 0.5) is 20.3 Å². The minimum Gasteiger partial charge on any atom is -0.490 e. The third-order valence-electron chi connectivity index (χ3n) is 4.85. The number of hydrogen-bond donors (Lipinski definition) is 4. The number of hydrazone groups is 1. The number of benzene rings is 1. The lowest BCUT2D eigenvalue weighted by molar-refractivity contribution is 0.286. The van der Waals surface area contributed by atoms with Crippen molar-refractivity contribution in [3.8, 4) is 16.2 Å². The summed E-state index contributed by atoms with van der Waals surface area (Å²) in [6.45, 7) is 1.13. The number of thiophene rings is 1. The van der Waals surface area contributed by atoms with Gasteiger partial charge in [0.2, 0.25) is 5.82 Å². The van der Waals surface area contributed by atoms with Gasteiger partial charge in [0.05, 0.1) is 12.2 Å². The first-order valence-electron chi connectivity index (χ1n) is 10.0. The molecule has 0 saturated heterocycles. The maximum Gasteiger partial charge on any atom is 0.202 e. The normalized spacial score (nSPS) is 13.2. The summed E-state index contributed by atoms with van der Waals surface area (Å²) >= 11 is 1.55. The Morgan fingerprint density at radius 1 is 1.22 bits per heavy atom. The number of nitrogen functional groups attached to an aromatic ring is 1. The highest BCUT2D eigenvalue weighted by Gasteiger charge is 2.28. The number of pyridine rings is 1. The molecule has 3 aromatic rings. The first-order chi connectivity index (χ1) is 15.6. The van der Waals surface area contributed by atoms with E-state index in [1.807, 2.05) is 30.6 Å². The van der Waals surface area contributed by atoms with Crippen molar-refractivity contribution >= 4 is 28.7 Å².